The van der Waals surface area contributed by atoms with Gasteiger partial charge in [0.1, 0.15) is 0 Å². The molecule has 0 aliphatic carbocycles. The molecule has 3 heterocycles. The van der Waals surface area contributed by atoms with Crippen molar-refractivity contribution in [3.63, 3.8) is 0 Å². The van der Waals surface area contributed by atoms with Crippen LogP contribution in [-0.2, 0) is 16.0 Å². The van der Waals surface area contributed by atoms with Crippen molar-refractivity contribution in [3.8, 4) is 11.5 Å². The van der Waals surface area contributed by atoms with Gasteiger partial charge in [-0.1, -0.05) is 12.1 Å². The Balaban J connectivity index is 1.47. The van der Waals surface area contributed by atoms with Crippen LogP contribution in [0.3, 0.4) is 0 Å². The molecule has 1 aromatic carbocycles. The Morgan fingerprint density at radius 2 is 2.04 bits per heavy atom. The van der Waals surface area contributed by atoms with Gasteiger partial charge in [0, 0.05) is 25.6 Å². The van der Waals surface area contributed by atoms with Crippen LogP contribution in [0.5, 0.6) is 11.5 Å². The fourth-order valence-corrected chi connectivity index (χ4v) is 3.54. The number of ether oxygens (including phenoxy) is 3. The van der Waals surface area contributed by atoms with E-state index in [1.807, 2.05) is 36.5 Å². The molecule has 0 spiro atoms. The number of nitrogens with zero attached hydrogens (tertiary/aromatic N) is 1. The first-order valence-corrected chi connectivity index (χ1v) is 8.95. The Labute approximate surface area is 152 Å². The third-order valence-corrected chi connectivity index (χ3v) is 4.90. The van der Waals surface area contributed by atoms with Crippen LogP contribution in [0.25, 0.3) is 0 Å². The highest BCUT2D eigenvalue weighted by Crippen LogP contribution is 2.33. The highest BCUT2D eigenvalue weighted by atomic mass is 16.7. The first kappa shape index (κ1) is 16.8. The monoisotopic (exact) mass is 354 g/mol. The van der Waals surface area contributed by atoms with E-state index < -0.39 is 0 Å². The molecular weight excluding hydrogens is 332 g/mol. The minimum Gasteiger partial charge on any atom is -0.454 e. The van der Waals surface area contributed by atoms with Gasteiger partial charge >= 0.3 is 0 Å². The molecule has 2 aliphatic rings. The van der Waals surface area contributed by atoms with Gasteiger partial charge in [-0.3, -0.25) is 9.78 Å². The molecule has 0 bridgehead atoms. The maximum atomic E-state index is 12.7. The summed E-state index contributed by atoms with van der Waals surface area (Å²) in [5.74, 6) is 1.77. The van der Waals surface area contributed by atoms with Crippen LogP contribution in [0.1, 0.15) is 30.0 Å². The van der Waals surface area contributed by atoms with Crippen molar-refractivity contribution in [1.82, 2.24) is 10.3 Å². The summed E-state index contributed by atoms with van der Waals surface area (Å²) in [7, 11) is 0. The summed E-state index contributed by atoms with van der Waals surface area (Å²) in [5, 5.41) is 3.21. The molecule has 6 heteroatoms. The van der Waals surface area contributed by atoms with Gasteiger partial charge in [-0.25, -0.2) is 0 Å². The van der Waals surface area contributed by atoms with Crippen LogP contribution in [-0.4, -0.2) is 30.9 Å². The second-order valence-corrected chi connectivity index (χ2v) is 6.65. The van der Waals surface area contributed by atoms with E-state index in [-0.39, 0.29) is 18.7 Å². The molecule has 1 fully saturated rings. The third kappa shape index (κ3) is 3.80. The summed E-state index contributed by atoms with van der Waals surface area (Å²) >= 11 is 0. The molecule has 1 aromatic heterocycles. The van der Waals surface area contributed by atoms with E-state index in [4.69, 9.17) is 14.2 Å². The van der Waals surface area contributed by atoms with Crippen LogP contribution >= 0.6 is 0 Å². The smallest absolute Gasteiger partial charge is 0.231 e. The molecule has 1 atom stereocenters. The molecule has 1 unspecified atom stereocenters. The third-order valence-electron chi connectivity index (χ3n) is 4.90. The number of pyridine rings is 1. The number of rotatable bonds is 5. The van der Waals surface area contributed by atoms with Gasteiger partial charge in [0.05, 0.1) is 12.5 Å². The van der Waals surface area contributed by atoms with Crippen molar-refractivity contribution in [2.24, 2.45) is 5.92 Å². The quantitative estimate of drug-likeness (QED) is 0.894. The number of aromatic nitrogens is 1. The average Bonchev–Trinajstić information content (AvgIpc) is 3.15. The van der Waals surface area contributed by atoms with Gasteiger partial charge in [-0.15, -0.1) is 0 Å². The zero-order valence-corrected chi connectivity index (χ0v) is 14.5. The number of nitrogens with one attached hydrogen (secondary N) is 1. The van der Waals surface area contributed by atoms with Crippen molar-refractivity contribution in [1.29, 1.82) is 0 Å². The van der Waals surface area contributed by atoms with Gasteiger partial charge in [0.25, 0.3) is 0 Å². The Bertz CT molecular complexity index is 760. The molecule has 1 amide bonds. The number of hydrogen-bond acceptors (Lipinski definition) is 5. The predicted octanol–water partition coefficient (Wildman–Crippen LogP) is 2.64. The van der Waals surface area contributed by atoms with E-state index >= 15 is 0 Å². The Kier molecular flexibility index (Phi) is 5.02. The van der Waals surface area contributed by atoms with E-state index in [9.17, 15) is 4.79 Å². The molecule has 1 N–H and O–H groups in total. The lowest BCUT2D eigenvalue weighted by atomic mass is 9.87. The molecule has 6 nitrogen and oxygen atoms in total. The number of fused-ring (bicyclic) bond motifs is 1. The van der Waals surface area contributed by atoms with E-state index in [1.165, 1.54) is 0 Å². The SMILES string of the molecule is O=C(Cc1ccc2c(c1)OCO2)NC(c1cccnc1)C1CCOCC1. The first-order chi connectivity index (χ1) is 12.8. The molecule has 1 saturated heterocycles. The average molecular weight is 354 g/mol. The first-order valence-electron chi connectivity index (χ1n) is 8.95. The lowest BCUT2D eigenvalue weighted by Gasteiger charge is -2.31. The molecular formula is C20H22N2O4. The zero-order chi connectivity index (χ0) is 17.8. The summed E-state index contributed by atoms with van der Waals surface area (Å²) in [4.78, 5) is 16.9. The number of amides is 1. The van der Waals surface area contributed by atoms with Gasteiger partial charge in [0.2, 0.25) is 12.7 Å². The van der Waals surface area contributed by atoms with Crippen LogP contribution in [0.15, 0.2) is 42.7 Å². The molecule has 0 saturated carbocycles. The predicted molar refractivity (Wildman–Crippen MR) is 94.9 cm³/mol. The van der Waals surface area contributed by atoms with Gasteiger partial charge in [-0.05, 0) is 48.1 Å². The molecule has 4 rings (SSSR count). The Hall–Kier alpha value is -2.60. The highest BCUT2D eigenvalue weighted by Gasteiger charge is 2.27. The van der Waals surface area contributed by atoms with Crippen molar-refractivity contribution >= 4 is 5.91 Å². The lowest BCUT2D eigenvalue weighted by molar-refractivity contribution is -0.121. The number of carbonyl (C=O) groups excluding carboxylic acids is 1. The fraction of sp³-hybridized carbons (Fsp3) is 0.400. The zero-order valence-electron chi connectivity index (χ0n) is 14.5. The van der Waals surface area contributed by atoms with Gasteiger partial charge in [-0.2, -0.15) is 0 Å². The normalized spacial score (nSPS) is 17.7. The summed E-state index contributed by atoms with van der Waals surface area (Å²) < 4.78 is 16.2. The molecule has 2 aromatic rings. The van der Waals surface area contributed by atoms with Crippen molar-refractivity contribution in [2.45, 2.75) is 25.3 Å². The second kappa shape index (κ2) is 7.74. The minimum atomic E-state index is -0.0471. The largest absolute Gasteiger partial charge is 0.454 e. The summed E-state index contributed by atoms with van der Waals surface area (Å²) in [5.41, 5.74) is 1.95. The molecule has 0 radical (unpaired) electrons. The second-order valence-electron chi connectivity index (χ2n) is 6.65. The summed E-state index contributed by atoms with van der Waals surface area (Å²) in [6.07, 6.45) is 5.75. The standard InChI is InChI=1S/C20H22N2O4/c23-19(11-14-3-4-17-18(10-14)26-13-25-17)22-20(15-5-8-24-9-6-15)16-2-1-7-21-12-16/h1-4,7,10,12,15,20H,5-6,8-9,11,13H2,(H,22,23). The maximum absolute atomic E-state index is 12.7. The number of carbonyl (C=O) groups is 1. The van der Waals surface area contributed by atoms with Gasteiger partial charge < -0.3 is 19.5 Å². The maximum Gasteiger partial charge on any atom is 0.231 e. The van der Waals surface area contributed by atoms with Crippen molar-refractivity contribution in [3.05, 3.63) is 53.9 Å². The Morgan fingerprint density at radius 1 is 1.19 bits per heavy atom. The van der Waals surface area contributed by atoms with Crippen LogP contribution in [0.4, 0.5) is 0 Å². The van der Waals surface area contributed by atoms with Crippen molar-refractivity contribution < 1.29 is 19.0 Å². The lowest BCUT2D eigenvalue weighted by Crippen LogP contribution is -2.36. The van der Waals surface area contributed by atoms with Gasteiger partial charge in [0.15, 0.2) is 11.5 Å². The van der Waals surface area contributed by atoms with E-state index in [1.54, 1.807) is 6.20 Å². The molecule has 136 valence electrons. The van der Waals surface area contributed by atoms with Crippen LogP contribution < -0.4 is 14.8 Å². The molecule has 2 aliphatic heterocycles. The highest BCUT2D eigenvalue weighted by molar-refractivity contribution is 5.79. The topological polar surface area (TPSA) is 69.7 Å². The van der Waals surface area contributed by atoms with E-state index in [0.717, 1.165) is 42.9 Å². The van der Waals surface area contributed by atoms with E-state index in [0.29, 0.717) is 18.1 Å². The minimum absolute atomic E-state index is 0.00999. The number of benzene rings is 1. The molecule has 26 heavy (non-hydrogen) atoms. The van der Waals surface area contributed by atoms with Crippen molar-refractivity contribution in [2.75, 3.05) is 20.0 Å². The number of hydrogen-bond donors (Lipinski definition) is 1. The van der Waals surface area contributed by atoms with E-state index in [2.05, 4.69) is 10.3 Å². The fourth-order valence-electron chi connectivity index (χ4n) is 3.54. The van der Waals surface area contributed by atoms with Crippen LogP contribution in [0.2, 0.25) is 0 Å². The summed E-state index contributed by atoms with van der Waals surface area (Å²) in [6.45, 7) is 1.71. The van der Waals surface area contributed by atoms with Crippen LogP contribution in [0, 0.1) is 5.92 Å². The Morgan fingerprint density at radius 3 is 2.85 bits per heavy atom. The summed E-state index contributed by atoms with van der Waals surface area (Å²) in [6, 6.07) is 9.51.